The molecule has 0 atom stereocenters. The van der Waals surface area contributed by atoms with Crippen molar-refractivity contribution < 1.29 is 4.79 Å². The minimum absolute atomic E-state index is 0.111. The number of anilines is 1. The van der Waals surface area contributed by atoms with E-state index < -0.39 is 0 Å². The van der Waals surface area contributed by atoms with Crippen LogP contribution in [0, 0.1) is 13.8 Å². The van der Waals surface area contributed by atoms with Crippen molar-refractivity contribution in [3.8, 4) is 5.69 Å². The molecule has 0 bridgehead atoms. The Labute approximate surface area is 140 Å². The summed E-state index contributed by atoms with van der Waals surface area (Å²) in [4.78, 5) is 16.9. The van der Waals surface area contributed by atoms with Crippen molar-refractivity contribution >= 4 is 11.7 Å². The van der Waals surface area contributed by atoms with Gasteiger partial charge in [-0.15, -0.1) is 0 Å². The molecule has 0 radical (unpaired) electrons. The average Bonchev–Trinajstić information content (AvgIpc) is 3.25. The van der Waals surface area contributed by atoms with Crippen LogP contribution in [0.3, 0.4) is 0 Å². The van der Waals surface area contributed by atoms with Gasteiger partial charge in [-0.1, -0.05) is 0 Å². The fourth-order valence-corrected chi connectivity index (χ4v) is 3.08. The number of nitrogens with zero attached hydrogens (tertiary/aromatic N) is 4. The molecule has 0 aromatic carbocycles. The molecule has 3 heterocycles. The normalized spacial score (nSPS) is 13.9. The van der Waals surface area contributed by atoms with Crippen LogP contribution in [0.25, 0.3) is 5.69 Å². The number of aryl methyl sites for hydroxylation is 1. The molecule has 3 aromatic rings. The summed E-state index contributed by atoms with van der Waals surface area (Å²) in [6.07, 6.45) is 7.52. The van der Waals surface area contributed by atoms with Crippen LogP contribution < -0.4 is 5.32 Å². The first-order chi connectivity index (χ1) is 11.6. The maximum absolute atomic E-state index is 12.7. The van der Waals surface area contributed by atoms with Crippen LogP contribution in [0.4, 0.5) is 5.82 Å². The first kappa shape index (κ1) is 14.7. The van der Waals surface area contributed by atoms with Gasteiger partial charge >= 0.3 is 0 Å². The van der Waals surface area contributed by atoms with Crippen molar-refractivity contribution in [3.05, 3.63) is 59.8 Å². The molecule has 1 N–H and O–H groups in total. The zero-order valence-corrected chi connectivity index (χ0v) is 13.7. The molecular weight excluding hydrogens is 302 g/mol. The summed E-state index contributed by atoms with van der Waals surface area (Å²) in [5.41, 5.74) is 3.52. The maximum atomic E-state index is 12.7. The van der Waals surface area contributed by atoms with Crippen molar-refractivity contribution in [1.29, 1.82) is 0 Å². The third kappa shape index (κ3) is 2.50. The number of rotatable bonds is 4. The van der Waals surface area contributed by atoms with E-state index in [4.69, 9.17) is 0 Å². The Morgan fingerprint density at radius 1 is 1.25 bits per heavy atom. The number of nitrogens with one attached hydrogen (secondary N) is 1. The van der Waals surface area contributed by atoms with E-state index in [0.717, 1.165) is 35.7 Å². The summed E-state index contributed by atoms with van der Waals surface area (Å²) in [6, 6.07) is 8.06. The molecule has 1 aliphatic carbocycles. The highest BCUT2D eigenvalue weighted by atomic mass is 16.1. The SMILES string of the molecule is Cc1cc(C(=O)Nc2ccnn2C2CC2)c(C)n1-c1cccnc1. The van der Waals surface area contributed by atoms with Gasteiger partial charge in [0.15, 0.2) is 0 Å². The number of amides is 1. The second-order valence-electron chi connectivity index (χ2n) is 6.18. The fourth-order valence-electron chi connectivity index (χ4n) is 3.08. The van der Waals surface area contributed by atoms with Crippen LogP contribution in [-0.4, -0.2) is 25.2 Å². The number of hydrogen-bond acceptors (Lipinski definition) is 3. The van der Waals surface area contributed by atoms with Crippen molar-refractivity contribution in [2.45, 2.75) is 32.7 Å². The quantitative estimate of drug-likeness (QED) is 0.802. The van der Waals surface area contributed by atoms with Crippen molar-refractivity contribution in [1.82, 2.24) is 19.3 Å². The van der Waals surface area contributed by atoms with Crippen LogP contribution >= 0.6 is 0 Å². The standard InChI is InChI=1S/C18H19N5O/c1-12-10-16(13(2)22(12)15-4-3-8-19-11-15)18(24)21-17-7-9-20-23(17)14-5-6-14/h3-4,7-11,14H,5-6H2,1-2H3,(H,21,24). The Bertz CT molecular complexity index is 890. The molecule has 3 aromatic heterocycles. The number of carbonyl (C=O) groups excluding carboxylic acids is 1. The molecule has 6 nitrogen and oxygen atoms in total. The minimum atomic E-state index is -0.111. The van der Waals surface area contributed by atoms with E-state index >= 15 is 0 Å². The van der Waals surface area contributed by atoms with E-state index in [1.807, 2.05) is 47.4 Å². The zero-order valence-electron chi connectivity index (χ0n) is 13.7. The number of pyridine rings is 1. The third-order valence-corrected chi connectivity index (χ3v) is 4.38. The molecule has 122 valence electrons. The Kier molecular flexibility index (Phi) is 3.45. The van der Waals surface area contributed by atoms with Gasteiger partial charge in [-0.05, 0) is 44.9 Å². The predicted molar refractivity (Wildman–Crippen MR) is 91.5 cm³/mol. The molecular formula is C18H19N5O. The summed E-state index contributed by atoms with van der Waals surface area (Å²) < 4.78 is 3.94. The molecule has 0 saturated heterocycles. The molecule has 0 spiro atoms. The Morgan fingerprint density at radius 3 is 2.79 bits per heavy atom. The van der Waals surface area contributed by atoms with Gasteiger partial charge in [0.25, 0.3) is 5.91 Å². The molecule has 1 fully saturated rings. The largest absolute Gasteiger partial charge is 0.316 e. The second kappa shape index (κ2) is 5.63. The lowest BCUT2D eigenvalue weighted by molar-refractivity contribution is 0.102. The third-order valence-electron chi connectivity index (χ3n) is 4.38. The molecule has 1 saturated carbocycles. The van der Waals surface area contributed by atoms with Crippen LogP contribution in [-0.2, 0) is 0 Å². The van der Waals surface area contributed by atoms with Gasteiger partial charge < -0.3 is 9.88 Å². The van der Waals surface area contributed by atoms with Crippen LogP contribution in [0.5, 0.6) is 0 Å². The number of hydrogen-bond donors (Lipinski definition) is 1. The van der Waals surface area contributed by atoms with Crippen LogP contribution in [0.15, 0.2) is 42.9 Å². The summed E-state index contributed by atoms with van der Waals surface area (Å²) in [5, 5.41) is 7.30. The van der Waals surface area contributed by atoms with E-state index in [0.29, 0.717) is 11.6 Å². The van der Waals surface area contributed by atoms with E-state index in [2.05, 4.69) is 15.4 Å². The minimum Gasteiger partial charge on any atom is -0.316 e. The molecule has 24 heavy (non-hydrogen) atoms. The highest BCUT2D eigenvalue weighted by Gasteiger charge is 2.27. The Balaban J connectivity index is 1.64. The van der Waals surface area contributed by atoms with E-state index in [9.17, 15) is 4.79 Å². The predicted octanol–water partition coefficient (Wildman–Crippen LogP) is 3.27. The zero-order chi connectivity index (χ0) is 16.7. The number of aromatic nitrogens is 4. The topological polar surface area (TPSA) is 64.7 Å². The Morgan fingerprint density at radius 2 is 2.08 bits per heavy atom. The molecule has 1 amide bonds. The van der Waals surface area contributed by atoms with Gasteiger partial charge in [0.1, 0.15) is 5.82 Å². The van der Waals surface area contributed by atoms with Gasteiger partial charge in [-0.25, -0.2) is 4.68 Å². The van der Waals surface area contributed by atoms with Crippen molar-refractivity contribution in [2.75, 3.05) is 5.32 Å². The lowest BCUT2D eigenvalue weighted by Crippen LogP contribution is -2.16. The smallest absolute Gasteiger partial charge is 0.258 e. The molecule has 1 aliphatic rings. The van der Waals surface area contributed by atoms with Gasteiger partial charge in [-0.3, -0.25) is 9.78 Å². The first-order valence-electron chi connectivity index (χ1n) is 8.09. The summed E-state index contributed by atoms with van der Waals surface area (Å²) >= 11 is 0. The van der Waals surface area contributed by atoms with Gasteiger partial charge in [0.05, 0.1) is 29.7 Å². The van der Waals surface area contributed by atoms with E-state index in [-0.39, 0.29) is 5.91 Å². The van der Waals surface area contributed by atoms with Crippen LogP contribution in [0.2, 0.25) is 0 Å². The van der Waals surface area contributed by atoms with Gasteiger partial charge in [0.2, 0.25) is 0 Å². The summed E-state index contributed by atoms with van der Waals surface area (Å²) in [6.45, 7) is 3.94. The van der Waals surface area contributed by atoms with Crippen molar-refractivity contribution in [2.24, 2.45) is 0 Å². The maximum Gasteiger partial charge on any atom is 0.258 e. The first-order valence-corrected chi connectivity index (χ1v) is 8.09. The molecule has 6 heteroatoms. The van der Waals surface area contributed by atoms with E-state index in [1.54, 1.807) is 18.6 Å². The average molecular weight is 321 g/mol. The Hall–Kier alpha value is -2.89. The lowest BCUT2D eigenvalue weighted by atomic mass is 10.2. The molecule has 4 rings (SSSR count). The highest BCUT2D eigenvalue weighted by Crippen LogP contribution is 2.36. The molecule has 0 aliphatic heterocycles. The van der Waals surface area contributed by atoms with Crippen LogP contribution in [0.1, 0.15) is 40.6 Å². The highest BCUT2D eigenvalue weighted by molar-refractivity contribution is 6.05. The molecule has 0 unspecified atom stereocenters. The van der Waals surface area contributed by atoms with Gasteiger partial charge in [-0.2, -0.15) is 5.10 Å². The summed E-state index contributed by atoms with van der Waals surface area (Å²) in [7, 11) is 0. The second-order valence-corrected chi connectivity index (χ2v) is 6.18. The van der Waals surface area contributed by atoms with E-state index in [1.165, 1.54) is 0 Å². The monoisotopic (exact) mass is 321 g/mol. The lowest BCUT2D eigenvalue weighted by Gasteiger charge is -2.10. The number of carbonyl (C=O) groups is 1. The van der Waals surface area contributed by atoms with Crippen molar-refractivity contribution in [3.63, 3.8) is 0 Å². The fraction of sp³-hybridized carbons (Fsp3) is 0.278. The summed E-state index contributed by atoms with van der Waals surface area (Å²) in [5.74, 6) is 0.648. The van der Waals surface area contributed by atoms with Gasteiger partial charge in [0, 0.05) is 23.7 Å².